The average molecular weight is 335 g/mol. The van der Waals surface area contributed by atoms with Gasteiger partial charge in [-0.3, -0.25) is 4.99 Å². The van der Waals surface area contributed by atoms with E-state index >= 15 is 0 Å². The number of aliphatic imine (C=N–C) groups is 1. The standard InChI is InChI=1S/C13H14Cl2F2N4/c1-4-7(2)9(10(16)17)6-18-5-8(3)11-19-12(14)21-13(15)20-11/h5-6,10H,4H2,1-3H3/b8-5+,9-7-,18-6-. The summed E-state index contributed by atoms with van der Waals surface area (Å²) >= 11 is 11.3. The maximum absolute atomic E-state index is 12.9. The first-order chi connectivity index (χ1) is 9.85. The molecule has 0 fully saturated rings. The summed E-state index contributed by atoms with van der Waals surface area (Å²) in [6, 6.07) is 0. The number of alkyl halides is 2. The van der Waals surface area contributed by atoms with Gasteiger partial charge in [0.1, 0.15) is 0 Å². The molecule has 0 atom stereocenters. The van der Waals surface area contributed by atoms with E-state index in [0.29, 0.717) is 17.6 Å². The van der Waals surface area contributed by atoms with E-state index in [9.17, 15) is 8.78 Å². The Hall–Kier alpha value is -1.40. The second-order valence-corrected chi connectivity index (χ2v) is 4.85. The van der Waals surface area contributed by atoms with E-state index in [1.807, 2.05) is 0 Å². The summed E-state index contributed by atoms with van der Waals surface area (Å²) in [5.41, 5.74) is 1.03. The quantitative estimate of drug-likeness (QED) is 0.739. The Morgan fingerprint density at radius 3 is 2.24 bits per heavy atom. The maximum Gasteiger partial charge on any atom is 0.265 e. The van der Waals surface area contributed by atoms with Crippen molar-refractivity contribution in [3.63, 3.8) is 0 Å². The first kappa shape index (κ1) is 17.7. The monoisotopic (exact) mass is 334 g/mol. The summed E-state index contributed by atoms with van der Waals surface area (Å²) in [6.45, 7) is 5.12. The molecule has 0 aliphatic carbocycles. The highest BCUT2D eigenvalue weighted by atomic mass is 35.5. The first-order valence-corrected chi connectivity index (χ1v) is 6.86. The van der Waals surface area contributed by atoms with E-state index < -0.39 is 6.43 Å². The molecule has 8 heteroatoms. The molecule has 0 N–H and O–H groups in total. The Balaban J connectivity index is 3.00. The highest BCUT2D eigenvalue weighted by Crippen LogP contribution is 2.16. The van der Waals surface area contributed by atoms with Crippen LogP contribution >= 0.6 is 23.2 Å². The molecule has 0 saturated heterocycles. The lowest BCUT2D eigenvalue weighted by molar-refractivity contribution is 0.196. The van der Waals surface area contributed by atoms with Crippen molar-refractivity contribution in [1.29, 1.82) is 0 Å². The number of hydrogen-bond donors (Lipinski definition) is 0. The molecule has 1 aromatic heterocycles. The molecular weight excluding hydrogens is 321 g/mol. The number of nitrogens with zero attached hydrogens (tertiary/aromatic N) is 4. The van der Waals surface area contributed by atoms with Crippen LogP contribution in [0.1, 0.15) is 33.0 Å². The molecule has 1 heterocycles. The van der Waals surface area contributed by atoms with E-state index in [1.54, 1.807) is 20.8 Å². The van der Waals surface area contributed by atoms with E-state index in [1.165, 1.54) is 6.20 Å². The van der Waals surface area contributed by atoms with Crippen molar-refractivity contribution in [2.45, 2.75) is 33.6 Å². The number of halogens is 4. The third-order valence-corrected chi connectivity index (χ3v) is 3.01. The van der Waals surface area contributed by atoms with Gasteiger partial charge in [0.05, 0.1) is 0 Å². The van der Waals surface area contributed by atoms with Crippen molar-refractivity contribution >= 4 is 35.0 Å². The van der Waals surface area contributed by atoms with Crippen molar-refractivity contribution in [3.8, 4) is 0 Å². The molecule has 0 unspecified atom stereocenters. The SMILES string of the molecule is CC/C(C)=C(/C=N\C=C(/C)c1nc(Cl)nc(Cl)n1)C(F)F. The predicted octanol–water partition coefficient (Wildman–Crippen LogP) is 4.60. The minimum Gasteiger partial charge on any atom is -0.264 e. The smallest absolute Gasteiger partial charge is 0.264 e. The van der Waals surface area contributed by atoms with Crippen LogP contribution in [0, 0.1) is 0 Å². The van der Waals surface area contributed by atoms with Crippen LogP contribution in [0.25, 0.3) is 5.57 Å². The fraction of sp³-hybridized carbons (Fsp3) is 0.385. The van der Waals surface area contributed by atoms with E-state index in [-0.39, 0.29) is 22.0 Å². The molecule has 0 aromatic carbocycles. The van der Waals surface area contributed by atoms with Gasteiger partial charge in [-0.05, 0) is 43.5 Å². The van der Waals surface area contributed by atoms with Gasteiger partial charge in [0.25, 0.3) is 6.43 Å². The Morgan fingerprint density at radius 2 is 1.76 bits per heavy atom. The summed E-state index contributed by atoms with van der Waals surface area (Å²) in [5, 5.41) is -0.0894. The highest BCUT2D eigenvalue weighted by molar-refractivity contribution is 6.31. The van der Waals surface area contributed by atoms with Crippen LogP contribution in [0.5, 0.6) is 0 Å². The van der Waals surface area contributed by atoms with Crippen molar-refractivity contribution < 1.29 is 8.78 Å². The fourth-order valence-corrected chi connectivity index (χ4v) is 1.71. The van der Waals surface area contributed by atoms with Crippen LogP contribution in [-0.2, 0) is 0 Å². The minimum atomic E-state index is -2.57. The molecule has 0 bridgehead atoms. The van der Waals surface area contributed by atoms with Crippen LogP contribution in [-0.4, -0.2) is 27.6 Å². The van der Waals surface area contributed by atoms with E-state index in [0.717, 1.165) is 6.21 Å². The van der Waals surface area contributed by atoms with Gasteiger partial charge >= 0.3 is 0 Å². The molecule has 114 valence electrons. The lowest BCUT2D eigenvalue weighted by Gasteiger charge is -2.04. The lowest BCUT2D eigenvalue weighted by Crippen LogP contribution is -2.01. The molecule has 4 nitrogen and oxygen atoms in total. The second-order valence-electron chi connectivity index (χ2n) is 4.18. The number of allylic oxidation sites excluding steroid dienone is 3. The van der Waals surface area contributed by atoms with E-state index in [4.69, 9.17) is 23.2 Å². The van der Waals surface area contributed by atoms with E-state index in [2.05, 4.69) is 19.9 Å². The van der Waals surface area contributed by atoms with Gasteiger partial charge in [-0.25, -0.2) is 8.78 Å². The highest BCUT2D eigenvalue weighted by Gasteiger charge is 2.11. The van der Waals surface area contributed by atoms with Gasteiger partial charge in [-0.2, -0.15) is 15.0 Å². The van der Waals surface area contributed by atoms with Gasteiger partial charge in [-0.1, -0.05) is 12.5 Å². The summed E-state index contributed by atoms with van der Waals surface area (Å²) < 4.78 is 25.7. The third kappa shape index (κ3) is 5.47. The average Bonchev–Trinajstić information content (AvgIpc) is 2.41. The Labute approximate surface area is 131 Å². The largest absolute Gasteiger partial charge is 0.265 e. The van der Waals surface area contributed by atoms with Crippen molar-refractivity contribution in [2.75, 3.05) is 0 Å². The molecule has 0 spiro atoms. The zero-order valence-corrected chi connectivity index (χ0v) is 13.3. The van der Waals surface area contributed by atoms with Gasteiger partial charge in [0.15, 0.2) is 5.82 Å². The zero-order chi connectivity index (χ0) is 16.0. The molecule has 0 radical (unpaired) electrons. The number of aromatic nitrogens is 3. The summed E-state index contributed by atoms with van der Waals surface area (Å²) in [5.74, 6) is 0.243. The summed E-state index contributed by atoms with van der Waals surface area (Å²) in [7, 11) is 0. The fourth-order valence-electron chi connectivity index (χ4n) is 1.35. The van der Waals surface area contributed by atoms with Gasteiger partial charge in [-0.15, -0.1) is 0 Å². The molecular formula is C13H14Cl2F2N4. The first-order valence-electron chi connectivity index (χ1n) is 6.10. The Morgan fingerprint density at radius 1 is 1.19 bits per heavy atom. The molecule has 1 rings (SSSR count). The van der Waals surface area contributed by atoms with Gasteiger partial charge in [0, 0.05) is 23.6 Å². The van der Waals surface area contributed by atoms with Crippen LogP contribution in [0.15, 0.2) is 22.3 Å². The van der Waals surface area contributed by atoms with Crippen molar-refractivity contribution in [3.05, 3.63) is 33.7 Å². The molecule has 21 heavy (non-hydrogen) atoms. The molecule has 0 amide bonds. The van der Waals surface area contributed by atoms with Crippen molar-refractivity contribution in [1.82, 2.24) is 15.0 Å². The van der Waals surface area contributed by atoms with Crippen LogP contribution < -0.4 is 0 Å². The summed E-state index contributed by atoms with van der Waals surface area (Å²) in [6.07, 6.45) is 0.473. The number of hydrogen-bond acceptors (Lipinski definition) is 4. The predicted molar refractivity (Wildman–Crippen MR) is 81.0 cm³/mol. The van der Waals surface area contributed by atoms with Crippen LogP contribution in [0.3, 0.4) is 0 Å². The minimum absolute atomic E-state index is 0.0447. The van der Waals surface area contributed by atoms with Gasteiger partial charge < -0.3 is 0 Å². The topological polar surface area (TPSA) is 51.0 Å². The summed E-state index contributed by atoms with van der Waals surface area (Å²) in [4.78, 5) is 15.3. The van der Waals surface area contributed by atoms with Crippen LogP contribution in [0.4, 0.5) is 8.78 Å². The third-order valence-electron chi connectivity index (χ3n) is 2.67. The normalized spacial score (nSPS) is 14.0. The van der Waals surface area contributed by atoms with Gasteiger partial charge in [0.2, 0.25) is 10.6 Å². The molecule has 1 aromatic rings. The Bertz CT molecular complexity index is 578. The van der Waals surface area contributed by atoms with Crippen molar-refractivity contribution in [2.24, 2.45) is 4.99 Å². The second kappa shape index (κ2) is 8.14. The molecule has 0 aliphatic rings. The lowest BCUT2D eigenvalue weighted by atomic mass is 10.1. The maximum atomic E-state index is 12.9. The Kier molecular flexibility index (Phi) is 6.84. The van der Waals surface area contributed by atoms with Crippen LogP contribution in [0.2, 0.25) is 10.6 Å². The number of rotatable bonds is 5. The zero-order valence-electron chi connectivity index (χ0n) is 11.7. The molecule has 0 saturated carbocycles. The molecule has 0 aliphatic heterocycles.